The van der Waals surface area contributed by atoms with Crippen molar-refractivity contribution in [3.05, 3.63) is 18.5 Å². The summed E-state index contributed by atoms with van der Waals surface area (Å²) in [6.45, 7) is -0.977. The Morgan fingerprint density at radius 3 is 2.75 bits per heavy atom. The number of aromatic nitrogens is 2. The van der Waals surface area contributed by atoms with Crippen LogP contribution in [-0.2, 0) is 6.54 Å². The fraction of sp³-hybridized carbons (Fsp3) is 0.571. The summed E-state index contributed by atoms with van der Waals surface area (Å²) >= 11 is 0. The van der Waals surface area contributed by atoms with Crippen LogP contribution in [0.4, 0.5) is 8.78 Å². The first-order valence-electron chi connectivity index (χ1n) is 3.60. The highest BCUT2D eigenvalue weighted by molar-refractivity contribution is 4.78. The molecule has 68 valence electrons. The number of aliphatic hydroxyl groups excluding tert-OH is 1. The zero-order valence-electron chi connectivity index (χ0n) is 6.45. The second-order valence-electron chi connectivity index (χ2n) is 2.53. The average Bonchev–Trinajstić information content (AvgIpc) is 2.53. The number of halogens is 2. The molecule has 1 aromatic heterocycles. The molecule has 0 aliphatic heterocycles. The Labute approximate surface area is 68.6 Å². The van der Waals surface area contributed by atoms with E-state index in [0.29, 0.717) is 0 Å². The average molecular weight is 176 g/mol. The second-order valence-corrected chi connectivity index (χ2v) is 2.53. The van der Waals surface area contributed by atoms with Gasteiger partial charge in [-0.2, -0.15) is 5.10 Å². The van der Waals surface area contributed by atoms with Crippen LogP contribution < -0.4 is 0 Å². The van der Waals surface area contributed by atoms with Crippen LogP contribution in [0.5, 0.6) is 0 Å². The van der Waals surface area contributed by atoms with E-state index in [1.54, 1.807) is 12.3 Å². The molecule has 1 rings (SSSR count). The fourth-order valence-corrected chi connectivity index (χ4v) is 0.790. The Kier molecular flexibility index (Phi) is 2.75. The molecule has 1 aromatic rings. The van der Waals surface area contributed by atoms with Crippen LogP contribution in [0.1, 0.15) is 6.42 Å². The van der Waals surface area contributed by atoms with Gasteiger partial charge < -0.3 is 5.11 Å². The number of aliphatic hydroxyl groups is 1. The van der Waals surface area contributed by atoms with Crippen LogP contribution in [0.25, 0.3) is 0 Å². The van der Waals surface area contributed by atoms with Crippen molar-refractivity contribution in [2.24, 2.45) is 0 Å². The molecule has 1 N–H and O–H groups in total. The summed E-state index contributed by atoms with van der Waals surface area (Å²) in [6, 6.07) is 1.66. The SMILES string of the molecule is OCC(F)(F)CCn1cccn1. The van der Waals surface area contributed by atoms with Crippen molar-refractivity contribution >= 4 is 0 Å². The molecule has 0 bridgehead atoms. The Hall–Kier alpha value is -0.970. The van der Waals surface area contributed by atoms with E-state index in [2.05, 4.69) is 5.10 Å². The number of rotatable bonds is 4. The molecule has 0 aromatic carbocycles. The predicted octanol–water partition coefficient (Wildman–Crippen LogP) is 0.901. The van der Waals surface area contributed by atoms with Crippen LogP contribution in [-0.4, -0.2) is 27.4 Å². The lowest BCUT2D eigenvalue weighted by atomic mass is 10.2. The van der Waals surface area contributed by atoms with Gasteiger partial charge in [0.2, 0.25) is 0 Å². The van der Waals surface area contributed by atoms with Gasteiger partial charge >= 0.3 is 0 Å². The van der Waals surface area contributed by atoms with Crippen LogP contribution in [0.15, 0.2) is 18.5 Å². The first-order chi connectivity index (χ1) is 5.64. The van der Waals surface area contributed by atoms with Gasteiger partial charge in [0.25, 0.3) is 5.92 Å². The first-order valence-corrected chi connectivity index (χ1v) is 3.60. The molecule has 0 saturated carbocycles. The zero-order chi connectivity index (χ0) is 9.03. The van der Waals surface area contributed by atoms with Crippen molar-refractivity contribution in [3.63, 3.8) is 0 Å². The van der Waals surface area contributed by atoms with Crippen LogP contribution >= 0.6 is 0 Å². The van der Waals surface area contributed by atoms with Crippen molar-refractivity contribution in [1.82, 2.24) is 9.78 Å². The molecule has 0 fully saturated rings. The van der Waals surface area contributed by atoms with Crippen LogP contribution in [0.3, 0.4) is 0 Å². The fourth-order valence-electron chi connectivity index (χ4n) is 0.790. The second kappa shape index (κ2) is 3.62. The topological polar surface area (TPSA) is 38.0 Å². The quantitative estimate of drug-likeness (QED) is 0.740. The molecular formula is C7H10F2N2O. The van der Waals surface area contributed by atoms with Crippen LogP contribution in [0.2, 0.25) is 0 Å². The molecule has 0 saturated heterocycles. The minimum Gasteiger partial charge on any atom is -0.390 e. The molecule has 0 radical (unpaired) electrons. The molecule has 0 aliphatic rings. The normalized spacial score (nSPS) is 11.9. The maximum absolute atomic E-state index is 12.5. The maximum Gasteiger partial charge on any atom is 0.272 e. The minimum atomic E-state index is -2.99. The van der Waals surface area contributed by atoms with E-state index in [1.165, 1.54) is 10.9 Å². The van der Waals surface area contributed by atoms with Gasteiger partial charge in [-0.1, -0.05) is 0 Å². The summed E-state index contributed by atoms with van der Waals surface area (Å²) in [5.41, 5.74) is 0. The van der Waals surface area contributed by atoms with Crippen molar-refractivity contribution in [1.29, 1.82) is 0 Å². The molecular weight excluding hydrogens is 166 g/mol. The standard InChI is InChI=1S/C7H10F2N2O/c8-7(9,6-12)2-5-11-4-1-3-10-11/h1,3-4,12H,2,5-6H2. The van der Waals surface area contributed by atoms with E-state index in [1.807, 2.05) is 0 Å². The zero-order valence-corrected chi connectivity index (χ0v) is 6.45. The van der Waals surface area contributed by atoms with Gasteiger partial charge in [-0.3, -0.25) is 4.68 Å². The Morgan fingerprint density at radius 2 is 2.25 bits per heavy atom. The van der Waals surface area contributed by atoms with Crippen molar-refractivity contribution in [3.8, 4) is 0 Å². The van der Waals surface area contributed by atoms with E-state index in [9.17, 15) is 8.78 Å². The molecule has 0 unspecified atom stereocenters. The first kappa shape index (κ1) is 9.12. The third-order valence-corrected chi connectivity index (χ3v) is 1.50. The smallest absolute Gasteiger partial charge is 0.272 e. The lowest BCUT2D eigenvalue weighted by Gasteiger charge is -2.12. The molecule has 1 heterocycles. The number of nitrogens with zero attached hydrogens (tertiary/aromatic N) is 2. The maximum atomic E-state index is 12.5. The third kappa shape index (κ3) is 2.58. The molecule has 0 spiro atoms. The van der Waals surface area contributed by atoms with Crippen molar-refractivity contribution in [2.45, 2.75) is 18.9 Å². The van der Waals surface area contributed by atoms with Gasteiger partial charge in [0.15, 0.2) is 0 Å². The summed E-state index contributed by atoms with van der Waals surface area (Å²) in [4.78, 5) is 0. The third-order valence-electron chi connectivity index (χ3n) is 1.50. The number of aryl methyl sites for hydroxylation is 1. The monoisotopic (exact) mass is 176 g/mol. The van der Waals surface area contributed by atoms with E-state index in [-0.39, 0.29) is 13.0 Å². The lowest BCUT2D eigenvalue weighted by molar-refractivity contribution is -0.0595. The Balaban J connectivity index is 2.36. The Bertz CT molecular complexity index is 223. The van der Waals surface area contributed by atoms with E-state index >= 15 is 0 Å². The van der Waals surface area contributed by atoms with Crippen LogP contribution in [0, 0.1) is 0 Å². The van der Waals surface area contributed by atoms with E-state index in [4.69, 9.17) is 5.11 Å². The van der Waals surface area contributed by atoms with Crippen molar-refractivity contribution in [2.75, 3.05) is 6.61 Å². The van der Waals surface area contributed by atoms with Gasteiger partial charge in [-0.05, 0) is 6.07 Å². The van der Waals surface area contributed by atoms with Gasteiger partial charge in [-0.15, -0.1) is 0 Å². The molecule has 0 atom stereocenters. The lowest BCUT2D eigenvalue weighted by Crippen LogP contribution is -2.23. The Morgan fingerprint density at radius 1 is 1.50 bits per heavy atom. The summed E-state index contributed by atoms with van der Waals surface area (Å²) in [6.07, 6.45) is 2.75. The highest BCUT2D eigenvalue weighted by Gasteiger charge is 2.26. The van der Waals surface area contributed by atoms with Gasteiger partial charge in [0, 0.05) is 25.4 Å². The van der Waals surface area contributed by atoms with E-state index in [0.717, 1.165) is 0 Å². The summed E-state index contributed by atoms with van der Waals surface area (Å²) in [5, 5.41) is 12.0. The predicted molar refractivity (Wildman–Crippen MR) is 38.9 cm³/mol. The van der Waals surface area contributed by atoms with Gasteiger partial charge in [0.1, 0.15) is 6.61 Å². The molecule has 3 nitrogen and oxygen atoms in total. The highest BCUT2D eigenvalue weighted by Crippen LogP contribution is 2.17. The number of alkyl halides is 2. The summed E-state index contributed by atoms with van der Waals surface area (Å²) in [5.74, 6) is -2.99. The largest absolute Gasteiger partial charge is 0.390 e. The summed E-state index contributed by atoms with van der Waals surface area (Å²) < 4.78 is 26.3. The van der Waals surface area contributed by atoms with Gasteiger partial charge in [0.05, 0.1) is 0 Å². The molecule has 0 aliphatic carbocycles. The van der Waals surface area contributed by atoms with E-state index < -0.39 is 12.5 Å². The van der Waals surface area contributed by atoms with Crippen molar-refractivity contribution < 1.29 is 13.9 Å². The molecule has 0 amide bonds. The highest BCUT2D eigenvalue weighted by atomic mass is 19.3. The number of hydrogen-bond donors (Lipinski definition) is 1. The number of hydrogen-bond acceptors (Lipinski definition) is 2. The van der Waals surface area contributed by atoms with Gasteiger partial charge in [-0.25, -0.2) is 8.78 Å². The minimum absolute atomic E-state index is 0.126. The molecule has 12 heavy (non-hydrogen) atoms. The molecule has 5 heteroatoms. The summed E-state index contributed by atoms with van der Waals surface area (Å²) in [7, 11) is 0.